The summed E-state index contributed by atoms with van der Waals surface area (Å²) in [6.07, 6.45) is 0. The van der Waals surface area contributed by atoms with Crippen LogP contribution in [0.15, 0.2) is 53.4 Å². The van der Waals surface area contributed by atoms with Crippen molar-refractivity contribution in [2.75, 3.05) is 32.7 Å². The maximum atomic E-state index is 12.8. The minimum atomic E-state index is -3.71. The van der Waals surface area contributed by atoms with E-state index in [4.69, 9.17) is 5.26 Å². The second-order valence-corrected chi connectivity index (χ2v) is 8.48. The molecular formula is C20H21N3O3S. The lowest BCUT2D eigenvalue weighted by molar-refractivity contribution is 0.0901. The Morgan fingerprint density at radius 3 is 2.30 bits per heavy atom. The number of nitriles is 1. The lowest BCUT2D eigenvalue weighted by Crippen LogP contribution is -2.49. The van der Waals surface area contributed by atoms with Gasteiger partial charge in [0.25, 0.3) is 0 Å². The number of carbonyl (C=O) groups excluding carboxylic acids is 1. The maximum absolute atomic E-state index is 12.8. The van der Waals surface area contributed by atoms with E-state index in [2.05, 4.69) is 0 Å². The summed E-state index contributed by atoms with van der Waals surface area (Å²) in [7, 11) is -3.71. The van der Waals surface area contributed by atoms with E-state index in [9.17, 15) is 13.2 Å². The van der Waals surface area contributed by atoms with Gasteiger partial charge in [-0.3, -0.25) is 9.69 Å². The average Bonchev–Trinajstić information content (AvgIpc) is 2.69. The van der Waals surface area contributed by atoms with Gasteiger partial charge in [0.15, 0.2) is 5.78 Å². The molecule has 2 aromatic rings. The average molecular weight is 383 g/mol. The molecule has 0 bridgehead atoms. The Morgan fingerprint density at radius 2 is 1.67 bits per heavy atom. The molecule has 0 unspecified atom stereocenters. The first-order chi connectivity index (χ1) is 12.9. The van der Waals surface area contributed by atoms with Crippen LogP contribution in [0.4, 0.5) is 0 Å². The number of nitrogens with zero attached hydrogens (tertiary/aromatic N) is 3. The highest BCUT2D eigenvalue weighted by atomic mass is 32.2. The van der Waals surface area contributed by atoms with Crippen LogP contribution in [0.5, 0.6) is 0 Å². The van der Waals surface area contributed by atoms with Crippen LogP contribution in [0.1, 0.15) is 21.5 Å². The van der Waals surface area contributed by atoms with Crippen LogP contribution in [-0.4, -0.2) is 56.1 Å². The minimum Gasteiger partial charge on any atom is -0.293 e. The van der Waals surface area contributed by atoms with Gasteiger partial charge in [0.05, 0.1) is 17.0 Å². The molecule has 1 aliphatic heterocycles. The van der Waals surface area contributed by atoms with Gasteiger partial charge in [0.2, 0.25) is 10.0 Å². The Kier molecular flexibility index (Phi) is 5.71. The van der Waals surface area contributed by atoms with Crippen molar-refractivity contribution in [3.8, 4) is 6.07 Å². The van der Waals surface area contributed by atoms with Gasteiger partial charge in [-0.1, -0.05) is 42.0 Å². The van der Waals surface area contributed by atoms with E-state index < -0.39 is 10.0 Å². The topological polar surface area (TPSA) is 81.5 Å². The predicted octanol–water partition coefficient (Wildman–Crippen LogP) is 2.06. The Bertz CT molecular complexity index is 970. The van der Waals surface area contributed by atoms with Crippen LogP contribution in [-0.2, 0) is 10.0 Å². The van der Waals surface area contributed by atoms with Gasteiger partial charge in [-0.2, -0.15) is 9.57 Å². The zero-order chi connectivity index (χ0) is 19.4. The van der Waals surface area contributed by atoms with E-state index >= 15 is 0 Å². The molecular weight excluding hydrogens is 362 g/mol. The Labute approximate surface area is 159 Å². The van der Waals surface area contributed by atoms with Gasteiger partial charge in [0, 0.05) is 31.7 Å². The zero-order valence-corrected chi connectivity index (χ0v) is 15.9. The largest absolute Gasteiger partial charge is 0.293 e. The summed E-state index contributed by atoms with van der Waals surface area (Å²) in [5.41, 5.74) is 1.91. The van der Waals surface area contributed by atoms with E-state index in [1.54, 1.807) is 12.1 Å². The summed E-state index contributed by atoms with van der Waals surface area (Å²) in [5, 5.41) is 9.17. The molecule has 7 heteroatoms. The highest BCUT2D eigenvalue weighted by molar-refractivity contribution is 7.89. The fourth-order valence-electron chi connectivity index (χ4n) is 3.08. The number of hydrogen-bond donors (Lipinski definition) is 0. The SMILES string of the molecule is Cc1ccc(C(=O)CN2CCN(S(=O)(=O)c3ccccc3C#N)CC2)cc1. The van der Waals surface area contributed by atoms with Crippen LogP contribution in [0, 0.1) is 18.3 Å². The van der Waals surface area contributed by atoms with Gasteiger partial charge < -0.3 is 0 Å². The summed E-state index contributed by atoms with van der Waals surface area (Å²) < 4.78 is 27.1. The van der Waals surface area contributed by atoms with Crippen LogP contribution in [0.2, 0.25) is 0 Å². The van der Waals surface area contributed by atoms with Crippen LogP contribution < -0.4 is 0 Å². The Hall–Kier alpha value is -2.53. The van der Waals surface area contributed by atoms with Crippen molar-refractivity contribution < 1.29 is 13.2 Å². The minimum absolute atomic E-state index is 0.0288. The maximum Gasteiger partial charge on any atom is 0.244 e. The van der Waals surface area contributed by atoms with Crippen molar-refractivity contribution in [3.63, 3.8) is 0 Å². The first-order valence-corrected chi connectivity index (χ1v) is 10.2. The number of carbonyl (C=O) groups is 1. The van der Waals surface area contributed by atoms with Gasteiger partial charge in [-0.25, -0.2) is 8.42 Å². The van der Waals surface area contributed by atoms with Gasteiger partial charge >= 0.3 is 0 Å². The van der Waals surface area contributed by atoms with E-state index in [-0.39, 0.29) is 22.8 Å². The zero-order valence-electron chi connectivity index (χ0n) is 15.1. The Balaban J connectivity index is 1.64. The van der Waals surface area contributed by atoms with Crippen LogP contribution in [0.3, 0.4) is 0 Å². The molecule has 0 spiro atoms. The third kappa shape index (κ3) is 4.25. The van der Waals surface area contributed by atoms with E-state index in [1.165, 1.54) is 16.4 Å². The molecule has 1 saturated heterocycles. The Morgan fingerprint density at radius 1 is 1.04 bits per heavy atom. The molecule has 0 amide bonds. The molecule has 0 N–H and O–H groups in total. The van der Waals surface area contributed by atoms with Crippen molar-refractivity contribution >= 4 is 15.8 Å². The molecule has 6 nitrogen and oxygen atoms in total. The molecule has 27 heavy (non-hydrogen) atoms. The fraction of sp³-hybridized carbons (Fsp3) is 0.300. The lowest BCUT2D eigenvalue weighted by Gasteiger charge is -2.33. The van der Waals surface area contributed by atoms with Gasteiger partial charge in [-0.05, 0) is 19.1 Å². The standard InChI is InChI=1S/C20H21N3O3S/c1-16-6-8-17(9-7-16)19(24)15-22-10-12-23(13-11-22)27(25,26)20-5-3-2-4-18(20)14-21/h2-9H,10-13,15H2,1H3. The summed E-state index contributed by atoms with van der Waals surface area (Å²) in [5.74, 6) is 0.0288. The number of aryl methyl sites for hydroxylation is 1. The number of piperazine rings is 1. The lowest BCUT2D eigenvalue weighted by atomic mass is 10.1. The molecule has 1 fully saturated rings. The molecule has 2 aromatic carbocycles. The van der Waals surface area contributed by atoms with Crippen LogP contribution >= 0.6 is 0 Å². The van der Waals surface area contributed by atoms with Crippen molar-refractivity contribution in [1.29, 1.82) is 5.26 Å². The molecule has 0 atom stereocenters. The number of sulfonamides is 1. The molecule has 0 radical (unpaired) electrons. The molecule has 140 valence electrons. The van der Waals surface area contributed by atoms with E-state index in [0.29, 0.717) is 31.7 Å². The van der Waals surface area contributed by atoms with Crippen molar-refractivity contribution in [1.82, 2.24) is 9.21 Å². The predicted molar refractivity (Wildman–Crippen MR) is 102 cm³/mol. The number of benzene rings is 2. The summed E-state index contributed by atoms with van der Waals surface area (Å²) in [6, 6.07) is 15.6. The third-order valence-electron chi connectivity index (χ3n) is 4.70. The van der Waals surface area contributed by atoms with Crippen LogP contribution in [0.25, 0.3) is 0 Å². The number of ketones is 1. The van der Waals surface area contributed by atoms with E-state index in [1.807, 2.05) is 42.2 Å². The van der Waals surface area contributed by atoms with E-state index in [0.717, 1.165) is 5.56 Å². The molecule has 1 aliphatic rings. The first-order valence-electron chi connectivity index (χ1n) is 8.73. The quantitative estimate of drug-likeness (QED) is 0.738. The van der Waals surface area contributed by atoms with Gasteiger partial charge in [0.1, 0.15) is 6.07 Å². The molecule has 1 heterocycles. The number of Topliss-reactive ketones (excluding diaryl/α,β-unsaturated/α-hetero) is 1. The molecule has 0 saturated carbocycles. The smallest absolute Gasteiger partial charge is 0.244 e. The number of hydrogen-bond acceptors (Lipinski definition) is 5. The normalized spacial score (nSPS) is 16.0. The number of rotatable bonds is 5. The second kappa shape index (κ2) is 8.01. The first kappa shape index (κ1) is 19.2. The van der Waals surface area contributed by atoms with Crippen molar-refractivity contribution in [3.05, 3.63) is 65.2 Å². The van der Waals surface area contributed by atoms with Gasteiger partial charge in [-0.15, -0.1) is 0 Å². The second-order valence-electron chi connectivity index (χ2n) is 6.58. The summed E-state index contributed by atoms with van der Waals surface area (Å²) in [6.45, 7) is 3.79. The molecule has 0 aliphatic carbocycles. The van der Waals surface area contributed by atoms with Crippen molar-refractivity contribution in [2.24, 2.45) is 0 Å². The third-order valence-corrected chi connectivity index (χ3v) is 6.65. The highest BCUT2D eigenvalue weighted by Gasteiger charge is 2.30. The molecule has 0 aromatic heterocycles. The monoisotopic (exact) mass is 383 g/mol. The van der Waals surface area contributed by atoms with Crippen molar-refractivity contribution in [2.45, 2.75) is 11.8 Å². The fourth-order valence-corrected chi connectivity index (χ4v) is 4.65. The summed E-state index contributed by atoms with van der Waals surface area (Å²) in [4.78, 5) is 14.4. The molecule has 3 rings (SSSR count). The summed E-state index contributed by atoms with van der Waals surface area (Å²) >= 11 is 0. The highest BCUT2D eigenvalue weighted by Crippen LogP contribution is 2.21.